The van der Waals surface area contributed by atoms with Gasteiger partial charge in [-0.05, 0) is 42.9 Å². The van der Waals surface area contributed by atoms with Crippen molar-refractivity contribution in [3.8, 4) is 5.75 Å². The SMILES string of the molecule is CCC(N)(CO)CCCOc1ccc(C(C)C)cc1. The lowest BCUT2D eigenvalue weighted by molar-refractivity contribution is 0.171. The van der Waals surface area contributed by atoms with Crippen molar-refractivity contribution in [2.45, 2.75) is 51.5 Å². The maximum atomic E-state index is 9.22. The van der Waals surface area contributed by atoms with E-state index in [0.29, 0.717) is 12.5 Å². The summed E-state index contributed by atoms with van der Waals surface area (Å²) in [5.41, 5.74) is 6.89. The zero-order valence-corrected chi connectivity index (χ0v) is 12.4. The topological polar surface area (TPSA) is 55.5 Å². The highest BCUT2D eigenvalue weighted by molar-refractivity contribution is 5.28. The fourth-order valence-corrected chi connectivity index (χ4v) is 1.93. The second-order valence-electron chi connectivity index (χ2n) is 5.55. The van der Waals surface area contributed by atoms with E-state index < -0.39 is 5.54 Å². The number of aliphatic hydroxyl groups is 1. The van der Waals surface area contributed by atoms with E-state index in [4.69, 9.17) is 10.5 Å². The van der Waals surface area contributed by atoms with Crippen LogP contribution in [0.4, 0.5) is 0 Å². The van der Waals surface area contributed by atoms with Crippen molar-refractivity contribution in [1.82, 2.24) is 0 Å². The molecule has 108 valence electrons. The van der Waals surface area contributed by atoms with Crippen LogP contribution in [0.25, 0.3) is 0 Å². The smallest absolute Gasteiger partial charge is 0.119 e. The van der Waals surface area contributed by atoms with E-state index in [2.05, 4.69) is 26.0 Å². The van der Waals surface area contributed by atoms with Crippen molar-refractivity contribution in [1.29, 1.82) is 0 Å². The Morgan fingerprint density at radius 2 is 1.89 bits per heavy atom. The van der Waals surface area contributed by atoms with Crippen molar-refractivity contribution in [3.05, 3.63) is 29.8 Å². The molecule has 0 aliphatic heterocycles. The van der Waals surface area contributed by atoms with Crippen LogP contribution in [0.3, 0.4) is 0 Å². The van der Waals surface area contributed by atoms with E-state index in [1.54, 1.807) is 0 Å². The molecule has 19 heavy (non-hydrogen) atoms. The minimum atomic E-state index is -0.454. The van der Waals surface area contributed by atoms with Gasteiger partial charge in [0.25, 0.3) is 0 Å². The summed E-state index contributed by atoms with van der Waals surface area (Å²) in [6.45, 7) is 7.03. The molecule has 0 saturated carbocycles. The Morgan fingerprint density at radius 3 is 2.37 bits per heavy atom. The molecule has 0 spiro atoms. The maximum absolute atomic E-state index is 9.22. The highest BCUT2D eigenvalue weighted by atomic mass is 16.5. The van der Waals surface area contributed by atoms with E-state index in [0.717, 1.165) is 25.0 Å². The van der Waals surface area contributed by atoms with Gasteiger partial charge >= 0.3 is 0 Å². The zero-order chi connectivity index (χ0) is 14.3. The Balaban J connectivity index is 2.33. The fraction of sp³-hybridized carbons (Fsp3) is 0.625. The predicted molar refractivity (Wildman–Crippen MR) is 79.6 cm³/mol. The molecule has 3 heteroatoms. The first kappa shape index (κ1) is 16.0. The number of rotatable bonds is 8. The van der Waals surface area contributed by atoms with Gasteiger partial charge in [0, 0.05) is 5.54 Å². The molecule has 0 aliphatic carbocycles. The monoisotopic (exact) mass is 265 g/mol. The molecule has 0 amide bonds. The summed E-state index contributed by atoms with van der Waals surface area (Å²) >= 11 is 0. The molecule has 1 aromatic carbocycles. The van der Waals surface area contributed by atoms with Gasteiger partial charge in [-0.3, -0.25) is 0 Å². The number of hydrogen-bond donors (Lipinski definition) is 2. The van der Waals surface area contributed by atoms with Gasteiger partial charge < -0.3 is 15.6 Å². The summed E-state index contributed by atoms with van der Waals surface area (Å²) in [5.74, 6) is 1.44. The average Bonchev–Trinajstić information content (AvgIpc) is 2.44. The third-order valence-corrected chi connectivity index (χ3v) is 3.65. The first-order chi connectivity index (χ1) is 9.00. The highest BCUT2D eigenvalue weighted by Gasteiger charge is 2.20. The summed E-state index contributed by atoms with van der Waals surface area (Å²) in [6.07, 6.45) is 2.42. The van der Waals surface area contributed by atoms with Crippen molar-refractivity contribution in [3.63, 3.8) is 0 Å². The lowest BCUT2D eigenvalue weighted by Gasteiger charge is -2.25. The van der Waals surface area contributed by atoms with Crippen LogP contribution >= 0.6 is 0 Å². The van der Waals surface area contributed by atoms with Gasteiger partial charge in [-0.2, -0.15) is 0 Å². The summed E-state index contributed by atoms with van der Waals surface area (Å²) in [7, 11) is 0. The van der Waals surface area contributed by atoms with Crippen LogP contribution in [0, 0.1) is 0 Å². The second-order valence-corrected chi connectivity index (χ2v) is 5.55. The molecule has 1 unspecified atom stereocenters. The Kier molecular flexibility index (Phi) is 6.32. The molecule has 3 nitrogen and oxygen atoms in total. The molecule has 0 fully saturated rings. The van der Waals surface area contributed by atoms with Crippen molar-refractivity contribution >= 4 is 0 Å². The highest BCUT2D eigenvalue weighted by Crippen LogP contribution is 2.19. The predicted octanol–water partition coefficient (Wildman–Crippen LogP) is 3.07. The molecule has 0 aliphatic rings. The van der Waals surface area contributed by atoms with Crippen molar-refractivity contribution in [2.24, 2.45) is 5.73 Å². The van der Waals surface area contributed by atoms with E-state index in [1.165, 1.54) is 5.56 Å². The summed E-state index contributed by atoms with van der Waals surface area (Å²) in [5, 5.41) is 9.22. The van der Waals surface area contributed by atoms with Crippen LogP contribution < -0.4 is 10.5 Å². The van der Waals surface area contributed by atoms with Gasteiger partial charge in [-0.1, -0.05) is 32.9 Å². The zero-order valence-electron chi connectivity index (χ0n) is 12.4. The van der Waals surface area contributed by atoms with Crippen molar-refractivity contribution in [2.75, 3.05) is 13.2 Å². The largest absolute Gasteiger partial charge is 0.494 e. The van der Waals surface area contributed by atoms with Gasteiger partial charge in [0.1, 0.15) is 5.75 Å². The van der Waals surface area contributed by atoms with Crippen LogP contribution in [-0.2, 0) is 0 Å². The second kappa shape index (κ2) is 7.51. The number of aliphatic hydroxyl groups excluding tert-OH is 1. The maximum Gasteiger partial charge on any atom is 0.119 e. The molecule has 0 radical (unpaired) electrons. The normalized spacial score (nSPS) is 14.4. The van der Waals surface area contributed by atoms with E-state index in [9.17, 15) is 5.11 Å². The Bertz CT molecular complexity index is 356. The minimum absolute atomic E-state index is 0.0343. The standard InChI is InChI=1S/C16H27NO2/c1-4-16(17,12-18)10-5-11-19-15-8-6-14(7-9-15)13(2)3/h6-9,13,18H,4-5,10-12,17H2,1-3H3. The number of benzene rings is 1. The molecule has 0 bridgehead atoms. The van der Waals surface area contributed by atoms with Gasteiger partial charge in [-0.15, -0.1) is 0 Å². The molecular formula is C16H27NO2. The van der Waals surface area contributed by atoms with E-state index >= 15 is 0 Å². The molecule has 1 aromatic rings. The number of nitrogens with two attached hydrogens (primary N) is 1. The molecule has 0 saturated heterocycles. The lowest BCUT2D eigenvalue weighted by atomic mass is 9.93. The van der Waals surface area contributed by atoms with Gasteiger partial charge in [0.15, 0.2) is 0 Å². The molecular weight excluding hydrogens is 238 g/mol. The molecule has 1 atom stereocenters. The van der Waals surface area contributed by atoms with Crippen LogP contribution in [0.2, 0.25) is 0 Å². The van der Waals surface area contributed by atoms with Gasteiger partial charge in [-0.25, -0.2) is 0 Å². The Labute approximate surface area is 116 Å². The van der Waals surface area contributed by atoms with Crippen LogP contribution in [0.15, 0.2) is 24.3 Å². The Hall–Kier alpha value is -1.06. The molecule has 3 N–H and O–H groups in total. The first-order valence-corrected chi connectivity index (χ1v) is 7.13. The van der Waals surface area contributed by atoms with E-state index in [-0.39, 0.29) is 6.61 Å². The number of ether oxygens (including phenoxy) is 1. The summed E-state index contributed by atoms with van der Waals surface area (Å²) < 4.78 is 5.69. The third-order valence-electron chi connectivity index (χ3n) is 3.65. The van der Waals surface area contributed by atoms with Crippen LogP contribution in [0.5, 0.6) is 5.75 Å². The van der Waals surface area contributed by atoms with Crippen LogP contribution in [-0.4, -0.2) is 23.9 Å². The van der Waals surface area contributed by atoms with E-state index in [1.807, 2.05) is 19.1 Å². The average molecular weight is 265 g/mol. The fourth-order valence-electron chi connectivity index (χ4n) is 1.93. The van der Waals surface area contributed by atoms with Gasteiger partial charge in [0.05, 0.1) is 13.2 Å². The third kappa shape index (κ3) is 5.21. The molecule has 1 rings (SSSR count). The van der Waals surface area contributed by atoms with Crippen LogP contribution in [0.1, 0.15) is 51.5 Å². The molecule has 0 aromatic heterocycles. The van der Waals surface area contributed by atoms with Crippen molar-refractivity contribution < 1.29 is 9.84 Å². The Morgan fingerprint density at radius 1 is 1.26 bits per heavy atom. The molecule has 0 heterocycles. The quantitative estimate of drug-likeness (QED) is 0.710. The summed E-state index contributed by atoms with van der Waals surface area (Å²) in [6, 6.07) is 8.23. The lowest BCUT2D eigenvalue weighted by Crippen LogP contribution is -2.43. The minimum Gasteiger partial charge on any atom is -0.494 e. The summed E-state index contributed by atoms with van der Waals surface area (Å²) in [4.78, 5) is 0. The van der Waals surface area contributed by atoms with Gasteiger partial charge in [0.2, 0.25) is 0 Å². The number of hydrogen-bond acceptors (Lipinski definition) is 3. The first-order valence-electron chi connectivity index (χ1n) is 7.13.